The lowest BCUT2D eigenvalue weighted by molar-refractivity contribution is -0.222. The van der Waals surface area contributed by atoms with E-state index in [-0.39, 0.29) is 23.8 Å². The SMILES string of the molecule is C[C@H]1[C@H](N(C(=O)C=NOC2(C(=O)O)CC2)c2csc(N)n2)C(=O)N1OCS(=O)(=O)O. The van der Waals surface area contributed by atoms with Crippen LogP contribution >= 0.6 is 11.3 Å². The van der Waals surface area contributed by atoms with Crippen molar-refractivity contribution in [2.45, 2.75) is 37.5 Å². The van der Waals surface area contributed by atoms with Crippen molar-refractivity contribution >= 4 is 56.4 Å². The quantitative estimate of drug-likeness (QED) is 0.176. The first-order valence-corrected chi connectivity index (χ1v) is 10.8. The number of oxime groups is 1. The maximum Gasteiger partial charge on any atom is 0.350 e. The lowest BCUT2D eigenvalue weighted by atomic mass is 9.98. The van der Waals surface area contributed by atoms with E-state index in [4.69, 9.17) is 25.1 Å². The number of carboxylic acids is 1. The number of rotatable bonds is 9. The first kappa shape index (κ1) is 21.9. The largest absolute Gasteiger partial charge is 0.478 e. The van der Waals surface area contributed by atoms with Gasteiger partial charge < -0.3 is 15.7 Å². The molecule has 14 nitrogen and oxygen atoms in total. The molecule has 2 aliphatic rings. The minimum atomic E-state index is -4.48. The summed E-state index contributed by atoms with van der Waals surface area (Å²) >= 11 is 1.01. The topological polar surface area (TPSA) is 202 Å². The highest BCUT2D eigenvalue weighted by molar-refractivity contribution is 7.85. The van der Waals surface area contributed by atoms with E-state index in [9.17, 15) is 22.8 Å². The average Bonchev–Trinajstić information content (AvgIpc) is 3.32. The molecule has 0 radical (unpaired) electrons. The summed E-state index contributed by atoms with van der Waals surface area (Å²) in [5.41, 5.74) is 4.15. The number of aliphatic carboxylic acids is 1. The van der Waals surface area contributed by atoms with Gasteiger partial charge in [-0.05, 0) is 6.92 Å². The average molecular weight is 463 g/mol. The van der Waals surface area contributed by atoms with Crippen LogP contribution < -0.4 is 10.6 Å². The van der Waals surface area contributed by atoms with Crippen LogP contribution in [0, 0.1) is 0 Å². The van der Waals surface area contributed by atoms with Gasteiger partial charge in [-0.15, -0.1) is 11.3 Å². The van der Waals surface area contributed by atoms with Gasteiger partial charge in [0.1, 0.15) is 18.1 Å². The van der Waals surface area contributed by atoms with Gasteiger partial charge >= 0.3 is 5.97 Å². The monoisotopic (exact) mass is 463 g/mol. The molecule has 2 atom stereocenters. The Morgan fingerprint density at radius 1 is 1.53 bits per heavy atom. The second-order valence-electron chi connectivity index (χ2n) is 6.56. The molecule has 1 aliphatic heterocycles. The van der Waals surface area contributed by atoms with E-state index in [2.05, 4.69) is 10.1 Å². The predicted molar refractivity (Wildman–Crippen MR) is 101 cm³/mol. The number of amides is 2. The van der Waals surface area contributed by atoms with Crippen LogP contribution in [-0.2, 0) is 34.2 Å². The Labute approximate surface area is 173 Å². The number of hydrogen-bond acceptors (Lipinski definition) is 11. The van der Waals surface area contributed by atoms with Crippen molar-refractivity contribution in [2.24, 2.45) is 5.16 Å². The summed E-state index contributed by atoms with van der Waals surface area (Å²) in [6.45, 7) is 1.48. The van der Waals surface area contributed by atoms with Gasteiger partial charge in [-0.1, -0.05) is 5.16 Å². The summed E-state index contributed by atoms with van der Waals surface area (Å²) in [7, 11) is -4.48. The van der Waals surface area contributed by atoms with Crippen LogP contribution in [0.5, 0.6) is 0 Å². The number of hydroxylamine groups is 2. The summed E-state index contributed by atoms with van der Waals surface area (Å²) in [5.74, 6) is -3.93. The lowest BCUT2D eigenvalue weighted by Gasteiger charge is -2.47. The van der Waals surface area contributed by atoms with Crippen molar-refractivity contribution in [3.63, 3.8) is 0 Å². The van der Waals surface area contributed by atoms with Crippen LogP contribution in [0.4, 0.5) is 10.9 Å². The number of nitrogens with zero attached hydrogens (tertiary/aromatic N) is 4. The van der Waals surface area contributed by atoms with Crippen molar-refractivity contribution in [2.75, 3.05) is 16.6 Å². The molecule has 2 heterocycles. The van der Waals surface area contributed by atoms with Crippen LogP contribution in [0.2, 0.25) is 0 Å². The zero-order chi connectivity index (χ0) is 22.3. The molecule has 1 aromatic heterocycles. The normalized spacial score (nSPS) is 22.6. The van der Waals surface area contributed by atoms with Gasteiger partial charge in [0.25, 0.3) is 21.9 Å². The molecule has 2 fully saturated rings. The van der Waals surface area contributed by atoms with E-state index >= 15 is 0 Å². The molecule has 4 N–H and O–H groups in total. The number of carbonyl (C=O) groups is 3. The zero-order valence-corrected chi connectivity index (χ0v) is 17.0. The Balaban J connectivity index is 1.76. The summed E-state index contributed by atoms with van der Waals surface area (Å²) in [6, 6.07) is -1.95. The highest BCUT2D eigenvalue weighted by Gasteiger charge is 2.55. The van der Waals surface area contributed by atoms with Gasteiger partial charge in [-0.3, -0.25) is 23.9 Å². The number of hydrogen-bond donors (Lipinski definition) is 3. The van der Waals surface area contributed by atoms with E-state index in [0.29, 0.717) is 11.3 Å². The molecule has 0 aromatic carbocycles. The van der Waals surface area contributed by atoms with Gasteiger partial charge in [0.15, 0.2) is 5.13 Å². The Hall–Kier alpha value is -2.82. The standard InChI is InChI=1S/C14H17N5O9S2/c1-7-10(11(21)19(7)27-6-30(24,25)26)18(8-5-29-13(15)17-8)9(20)4-16-28-14(2-3-14)12(22)23/h4-5,7,10H,2-3,6H2,1H3,(H2,15,17)(H,22,23)(H,24,25,26)/t7-,10-/m0/s1. The maximum atomic E-state index is 12.7. The van der Waals surface area contributed by atoms with Crippen LogP contribution in [0.25, 0.3) is 0 Å². The highest BCUT2D eigenvalue weighted by Crippen LogP contribution is 2.40. The van der Waals surface area contributed by atoms with Gasteiger partial charge in [0, 0.05) is 18.2 Å². The Bertz CT molecular complexity index is 1000. The molecule has 1 aromatic rings. The molecular weight excluding hydrogens is 446 g/mol. The van der Waals surface area contributed by atoms with Crippen molar-refractivity contribution in [3.05, 3.63) is 5.38 Å². The fourth-order valence-corrected chi connectivity index (χ4v) is 3.47. The summed E-state index contributed by atoms with van der Waals surface area (Å²) < 4.78 is 30.4. The number of nitrogens with two attached hydrogens (primary N) is 1. The second kappa shape index (κ2) is 7.78. The van der Waals surface area contributed by atoms with E-state index in [1.54, 1.807) is 0 Å². The molecule has 2 amide bonds. The van der Waals surface area contributed by atoms with Crippen molar-refractivity contribution in [1.29, 1.82) is 0 Å². The number of carbonyl (C=O) groups excluding carboxylic acids is 2. The zero-order valence-electron chi connectivity index (χ0n) is 15.4. The number of β-lactam (4-membered cyclic amide) rings is 1. The van der Waals surface area contributed by atoms with Crippen LogP contribution in [0.1, 0.15) is 19.8 Å². The third-order valence-electron chi connectivity index (χ3n) is 4.39. The summed E-state index contributed by atoms with van der Waals surface area (Å²) in [4.78, 5) is 50.9. The number of aromatic nitrogens is 1. The van der Waals surface area contributed by atoms with E-state index in [0.717, 1.165) is 16.2 Å². The summed E-state index contributed by atoms with van der Waals surface area (Å²) in [6.07, 6.45) is 1.21. The Morgan fingerprint density at radius 3 is 2.67 bits per heavy atom. The molecule has 30 heavy (non-hydrogen) atoms. The molecule has 16 heteroatoms. The van der Waals surface area contributed by atoms with E-state index < -0.39 is 51.5 Å². The minimum Gasteiger partial charge on any atom is -0.478 e. The molecule has 0 spiro atoms. The Morgan fingerprint density at radius 2 is 2.20 bits per heavy atom. The predicted octanol–water partition coefficient (Wildman–Crippen LogP) is -0.946. The van der Waals surface area contributed by atoms with Crippen molar-refractivity contribution in [1.82, 2.24) is 10.0 Å². The lowest BCUT2D eigenvalue weighted by Crippen LogP contribution is -2.70. The van der Waals surface area contributed by atoms with E-state index in [1.807, 2.05) is 0 Å². The molecule has 0 unspecified atom stereocenters. The fourth-order valence-electron chi connectivity index (χ4n) is 2.69. The van der Waals surface area contributed by atoms with Crippen LogP contribution in [0.15, 0.2) is 10.5 Å². The van der Waals surface area contributed by atoms with Gasteiger partial charge in [-0.2, -0.15) is 8.42 Å². The van der Waals surface area contributed by atoms with Crippen LogP contribution in [0.3, 0.4) is 0 Å². The van der Waals surface area contributed by atoms with Gasteiger partial charge in [-0.25, -0.2) is 14.8 Å². The maximum absolute atomic E-state index is 12.7. The van der Waals surface area contributed by atoms with Crippen molar-refractivity contribution < 1.29 is 42.1 Å². The van der Waals surface area contributed by atoms with E-state index in [1.165, 1.54) is 12.3 Å². The summed E-state index contributed by atoms with van der Waals surface area (Å²) in [5, 5.41) is 14.7. The second-order valence-corrected chi connectivity index (χ2v) is 8.84. The van der Waals surface area contributed by atoms with Gasteiger partial charge in [0.05, 0.1) is 6.04 Å². The molecule has 164 valence electrons. The third kappa shape index (κ3) is 4.35. The first-order valence-electron chi connectivity index (χ1n) is 8.35. The molecule has 1 saturated carbocycles. The number of carboxylic acid groups (broad SMARTS) is 1. The van der Waals surface area contributed by atoms with Crippen molar-refractivity contribution in [3.8, 4) is 0 Å². The smallest absolute Gasteiger partial charge is 0.350 e. The molecule has 3 rings (SSSR count). The highest BCUT2D eigenvalue weighted by atomic mass is 32.2. The molecule has 0 bridgehead atoms. The fraction of sp³-hybridized carbons (Fsp3) is 0.500. The number of anilines is 2. The van der Waals surface area contributed by atoms with Crippen LogP contribution in [-0.4, -0.2) is 75.7 Å². The molecule has 1 saturated heterocycles. The Kier molecular flexibility index (Phi) is 5.68. The molecular formula is C14H17N5O9S2. The van der Waals surface area contributed by atoms with Gasteiger partial charge in [0.2, 0.25) is 11.5 Å². The minimum absolute atomic E-state index is 0.0351. The molecule has 1 aliphatic carbocycles. The number of thiazole rings is 1. The number of nitrogen functional groups attached to an aromatic ring is 1. The first-order chi connectivity index (χ1) is 13.9. The third-order valence-corrected chi connectivity index (χ3v) is 5.46.